The third-order valence-electron chi connectivity index (χ3n) is 3.23. The molecule has 0 fully saturated rings. The zero-order valence-electron chi connectivity index (χ0n) is 13.3. The molecule has 2 rings (SSSR count). The molecule has 0 saturated carbocycles. The van der Waals surface area contributed by atoms with E-state index in [0.29, 0.717) is 17.9 Å². The number of sulfonamides is 2. The molecule has 136 valence electrons. The fraction of sp³-hybridized carbons (Fsp3) is 0.200. The average molecular weight is 405 g/mol. The zero-order chi connectivity index (χ0) is 18.7. The highest BCUT2D eigenvalue weighted by Crippen LogP contribution is 2.27. The molecule has 2 aromatic rings. The third kappa shape index (κ3) is 5.16. The smallest absolute Gasteiger partial charge is 0.240 e. The first-order valence-electron chi connectivity index (χ1n) is 7.17. The number of ether oxygens (including phenoxy) is 1. The van der Waals surface area contributed by atoms with Crippen LogP contribution in [0.25, 0.3) is 0 Å². The molecule has 0 aliphatic heterocycles. The van der Waals surface area contributed by atoms with Gasteiger partial charge in [0.2, 0.25) is 20.0 Å². The molecule has 0 heterocycles. The minimum Gasteiger partial charge on any atom is -0.492 e. The van der Waals surface area contributed by atoms with E-state index in [1.54, 1.807) is 6.92 Å². The molecule has 0 saturated heterocycles. The summed E-state index contributed by atoms with van der Waals surface area (Å²) in [6.45, 7) is 2.19. The molecular weight excluding hydrogens is 388 g/mol. The van der Waals surface area contributed by atoms with E-state index < -0.39 is 20.0 Å². The molecule has 0 spiro atoms. The molecule has 0 amide bonds. The van der Waals surface area contributed by atoms with E-state index in [1.165, 1.54) is 42.5 Å². The summed E-state index contributed by atoms with van der Waals surface area (Å²) < 4.78 is 54.7. The van der Waals surface area contributed by atoms with Crippen molar-refractivity contribution in [2.75, 3.05) is 6.61 Å². The average Bonchev–Trinajstić information content (AvgIpc) is 2.54. The first-order valence-corrected chi connectivity index (χ1v) is 10.6. The van der Waals surface area contributed by atoms with E-state index in [1.807, 2.05) is 0 Å². The summed E-state index contributed by atoms with van der Waals surface area (Å²) in [5.74, 6) is 0.404. The Balaban J connectivity index is 2.12. The highest BCUT2D eigenvalue weighted by molar-refractivity contribution is 7.89. The first kappa shape index (κ1) is 19.7. The molecule has 0 unspecified atom stereocenters. The lowest BCUT2D eigenvalue weighted by Gasteiger charge is -2.10. The van der Waals surface area contributed by atoms with Gasteiger partial charge in [0.1, 0.15) is 5.75 Å². The summed E-state index contributed by atoms with van der Waals surface area (Å²) >= 11 is 6.01. The normalized spacial score (nSPS) is 12.1. The van der Waals surface area contributed by atoms with Gasteiger partial charge < -0.3 is 4.74 Å². The van der Waals surface area contributed by atoms with E-state index >= 15 is 0 Å². The van der Waals surface area contributed by atoms with Gasteiger partial charge in [0, 0.05) is 6.54 Å². The number of rotatable bonds is 7. The monoisotopic (exact) mass is 404 g/mol. The number of benzene rings is 2. The number of primary sulfonamides is 1. The summed E-state index contributed by atoms with van der Waals surface area (Å²) in [6.07, 6.45) is 0. The van der Waals surface area contributed by atoms with Crippen LogP contribution in [0.5, 0.6) is 5.75 Å². The fourth-order valence-corrected chi connectivity index (χ4v) is 3.84. The second kappa shape index (κ2) is 7.71. The number of hydrogen-bond acceptors (Lipinski definition) is 5. The van der Waals surface area contributed by atoms with Crippen molar-refractivity contribution in [3.63, 3.8) is 0 Å². The van der Waals surface area contributed by atoms with Crippen LogP contribution in [-0.2, 0) is 26.6 Å². The van der Waals surface area contributed by atoms with Crippen LogP contribution in [0.2, 0.25) is 5.02 Å². The quantitative estimate of drug-likeness (QED) is 0.730. The van der Waals surface area contributed by atoms with Gasteiger partial charge in [0.05, 0.1) is 21.4 Å². The van der Waals surface area contributed by atoms with E-state index in [9.17, 15) is 16.8 Å². The minimum atomic E-state index is -3.78. The maximum absolute atomic E-state index is 12.3. The Morgan fingerprint density at radius 2 is 1.64 bits per heavy atom. The fourth-order valence-electron chi connectivity index (χ4n) is 1.98. The van der Waals surface area contributed by atoms with Crippen LogP contribution in [0.3, 0.4) is 0 Å². The summed E-state index contributed by atoms with van der Waals surface area (Å²) in [5.41, 5.74) is 0.577. The lowest BCUT2D eigenvalue weighted by atomic mass is 10.2. The second-order valence-corrected chi connectivity index (χ2v) is 8.77. The number of nitrogens with one attached hydrogen (secondary N) is 1. The van der Waals surface area contributed by atoms with Gasteiger partial charge in [0.15, 0.2) is 0 Å². The van der Waals surface area contributed by atoms with E-state index in [-0.39, 0.29) is 21.4 Å². The van der Waals surface area contributed by atoms with E-state index in [4.69, 9.17) is 21.5 Å². The van der Waals surface area contributed by atoms with Crippen molar-refractivity contribution < 1.29 is 21.6 Å². The standard InChI is InChI=1S/C15H17ClN2O5S2/c1-2-23-15-8-7-13(9-14(15)16)25(21,22)18-10-11-3-5-12(6-4-11)24(17,19)20/h3-9,18H,2,10H2,1H3,(H2,17,19,20). The van der Waals surface area contributed by atoms with Gasteiger partial charge in [0.25, 0.3) is 0 Å². The Bertz CT molecular complexity index is 958. The molecular formula is C15H17ClN2O5S2. The summed E-state index contributed by atoms with van der Waals surface area (Å²) in [5, 5.41) is 5.21. The SMILES string of the molecule is CCOc1ccc(S(=O)(=O)NCc2ccc(S(N)(=O)=O)cc2)cc1Cl. The largest absolute Gasteiger partial charge is 0.492 e. The predicted molar refractivity (Wildman–Crippen MR) is 94.5 cm³/mol. The Kier molecular flexibility index (Phi) is 6.07. The van der Waals surface area contributed by atoms with Crippen molar-refractivity contribution in [2.24, 2.45) is 5.14 Å². The van der Waals surface area contributed by atoms with Crippen LogP contribution in [-0.4, -0.2) is 23.4 Å². The van der Waals surface area contributed by atoms with Crippen molar-refractivity contribution in [1.29, 1.82) is 0 Å². The predicted octanol–water partition coefficient (Wildman–Crippen LogP) is 1.86. The third-order valence-corrected chi connectivity index (χ3v) is 5.86. The van der Waals surface area contributed by atoms with E-state index in [0.717, 1.165) is 0 Å². The lowest BCUT2D eigenvalue weighted by molar-refractivity contribution is 0.340. The molecule has 2 aromatic carbocycles. The molecule has 7 nitrogen and oxygen atoms in total. The number of halogens is 1. The minimum absolute atomic E-state index is 0.00195. The number of nitrogens with two attached hydrogens (primary N) is 1. The molecule has 3 N–H and O–H groups in total. The van der Waals surface area contributed by atoms with Crippen LogP contribution in [0, 0.1) is 0 Å². The van der Waals surface area contributed by atoms with Gasteiger partial charge in [-0.1, -0.05) is 23.7 Å². The first-order chi connectivity index (χ1) is 11.6. The van der Waals surface area contributed by atoms with Crippen molar-refractivity contribution in [3.05, 3.63) is 53.1 Å². The van der Waals surface area contributed by atoms with Gasteiger partial charge in [-0.15, -0.1) is 0 Å². The zero-order valence-corrected chi connectivity index (χ0v) is 15.7. The van der Waals surface area contributed by atoms with Crippen molar-refractivity contribution in [1.82, 2.24) is 4.72 Å². The second-order valence-electron chi connectivity index (χ2n) is 5.04. The van der Waals surface area contributed by atoms with Crippen molar-refractivity contribution in [3.8, 4) is 5.75 Å². The maximum atomic E-state index is 12.3. The Hall–Kier alpha value is -1.65. The summed E-state index contributed by atoms with van der Waals surface area (Å²) in [4.78, 5) is -0.0421. The van der Waals surface area contributed by atoms with Crippen LogP contribution in [0.15, 0.2) is 52.3 Å². The van der Waals surface area contributed by atoms with Crippen LogP contribution in [0.1, 0.15) is 12.5 Å². The molecule has 0 aliphatic carbocycles. The van der Waals surface area contributed by atoms with Crippen LogP contribution in [0.4, 0.5) is 0 Å². The highest BCUT2D eigenvalue weighted by Gasteiger charge is 2.16. The molecule has 0 bridgehead atoms. The summed E-state index contributed by atoms with van der Waals surface area (Å²) in [6, 6.07) is 9.77. The molecule has 0 aromatic heterocycles. The topological polar surface area (TPSA) is 116 Å². The lowest BCUT2D eigenvalue weighted by Crippen LogP contribution is -2.23. The molecule has 0 atom stereocenters. The van der Waals surface area contributed by atoms with Gasteiger partial charge in [-0.2, -0.15) is 0 Å². The van der Waals surface area contributed by atoms with Gasteiger partial charge >= 0.3 is 0 Å². The Labute approximate surface area is 151 Å². The Morgan fingerprint density at radius 3 is 2.16 bits per heavy atom. The highest BCUT2D eigenvalue weighted by atomic mass is 35.5. The Morgan fingerprint density at radius 1 is 1.04 bits per heavy atom. The van der Waals surface area contributed by atoms with Crippen molar-refractivity contribution >= 4 is 31.6 Å². The van der Waals surface area contributed by atoms with Crippen LogP contribution >= 0.6 is 11.6 Å². The van der Waals surface area contributed by atoms with Gasteiger partial charge in [-0.05, 0) is 42.8 Å². The summed E-state index contributed by atoms with van der Waals surface area (Å²) in [7, 11) is -7.57. The molecule has 0 aliphatic rings. The maximum Gasteiger partial charge on any atom is 0.240 e. The van der Waals surface area contributed by atoms with Crippen molar-refractivity contribution in [2.45, 2.75) is 23.3 Å². The van der Waals surface area contributed by atoms with Gasteiger partial charge in [-0.3, -0.25) is 0 Å². The van der Waals surface area contributed by atoms with Crippen LogP contribution < -0.4 is 14.6 Å². The molecule has 10 heteroatoms. The molecule has 25 heavy (non-hydrogen) atoms. The number of hydrogen-bond donors (Lipinski definition) is 2. The molecule has 0 radical (unpaired) electrons. The van der Waals surface area contributed by atoms with E-state index in [2.05, 4.69) is 4.72 Å². The van der Waals surface area contributed by atoms with Gasteiger partial charge in [-0.25, -0.2) is 26.7 Å².